The van der Waals surface area contributed by atoms with Crippen molar-refractivity contribution in [2.75, 3.05) is 13.7 Å². The molecular formula is C18H19ClN2O4S. The number of benzene rings is 2. The SMILES string of the molecule is COc1ccc(Cl)cc1S(=O)(=O)NCC(O)c1ccc2c(ccn2C)c1. The number of ether oxygens (including phenoxy) is 1. The van der Waals surface area contributed by atoms with Crippen molar-refractivity contribution < 1.29 is 18.3 Å². The van der Waals surface area contributed by atoms with Crippen molar-refractivity contribution in [3.63, 3.8) is 0 Å². The summed E-state index contributed by atoms with van der Waals surface area (Å²) in [7, 11) is -0.574. The van der Waals surface area contributed by atoms with Gasteiger partial charge in [-0.05, 0) is 47.3 Å². The van der Waals surface area contributed by atoms with Crippen molar-refractivity contribution in [1.29, 1.82) is 0 Å². The van der Waals surface area contributed by atoms with E-state index in [9.17, 15) is 13.5 Å². The first-order chi connectivity index (χ1) is 12.3. The number of aryl methyl sites for hydroxylation is 1. The third-order valence-corrected chi connectivity index (χ3v) is 5.86. The van der Waals surface area contributed by atoms with Gasteiger partial charge in [0.15, 0.2) is 0 Å². The van der Waals surface area contributed by atoms with Gasteiger partial charge in [-0.25, -0.2) is 13.1 Å². The maximum Gasteiger partial charge on any atom is 0.244 e. The number of fused-ring (bicyclic) bond motifs is 1. The zero-order chi connectivity index (χ0) is 18.9. The molecule has 0 saturated heterocycles. The predicted octanol–water partition coefficient (Wildman–Crippen LogP) is 2.85. The molecule has 0 aliphatic heterocycles. The van der Waals surface area contributed by atoms with Crippen molar-refractivity contribution in [2.45, 2.75) is 11.0 Å². The number of sulfonamides is 1. The fourth-order valence-corrected chi connectivity index (χ4v) is 4.22. The second-order valence-electron chi connectivity index (χ2n) is 5.91. The molecule has 0 aliphatic carbocycles. The number of aliphatic hydroxyl groups excluding tert-OH is 1. The smallest absolute Gasteiger partial charge is 0.244 e. The van der Waals surface area contributed by atoms with Gasteiger partial charge in [0, 0.05) is 30.3 Å². The minimum absolute atomic E-state index is 0.0711. The van der Waals surface area contributed by atoms with Crippen LogP contribution in [-0.4, -0.2) is 31.7 Å². The summed E-state index contributed by atoms with van der Waals surface area (Å²) >= 11 is 5.90. The monoisotopic (exact) mass is 394 g/mol. The van der Waals surface area contributed by atoms with Gasteiger partial charge < -0.3 is 14.4 Å². The maximum absolute atomic E-state index is 12.6. The van der Waals surface area contributed by atoms with Gasteiger partial charge in [-0.15, -0.1) is 0 Å². The lowest BCUT2D eigenvalue weighted by molar-refractivity contribution is 0.182. The molecule has 2 N–H and O–H groups in total. The quantitative estimate of drug-likeness (QED) is 0.673. The van der Waals surface area contributed by atoms with E-state index in [1.54, 1.807) is 12.1 Å². The van der Waals surface area contributed by atoms with E-state index in [0.29, 0.717) is 5.56 Å². The van der Waals surface area contributed by atoms with Crippen molar-refractivity contribution in [3.05, 3.63) is 59.2 Å². The third kappa shape index (κ3) is 3.71. The molecule has 3 rings (SSSR count). The zero-order valence-corrected chi connectivity index (χ0v) is 15.9. The van der Waals surface area contributed by atoms with Crippen LogP contribution in [0, 0.1) is 0 Å². The van der Waals surface area contributed by atoms with Gasteiger partial charge >= 0.3 is 0 Å². The minimum atomic E-state index is -3.89. The minimum Gasteiger partial charge on any atom is -0.495 e. The molecule has 1 heterocycles. The zero-order valence-electron chi connectivity index (χ0n) is 14.3. The van der Waals surface area contributed by atoms with Crippen molar-refractivity contribution in [1.82, 2.24) is 9.29 Å². The van der Waals surface area contributed by atoms with E-state index in [4.69, 9.17) is 16.3 Å². The highest BCUT2D eigenvalue weighted by atomic mass is 35.5. The first-order valence-corrected chi connectivity index (χ1v) is 9.74. The summed E-state index contributed by atoms with van der Waals surface area (Å²) in [5.74, 6) is 0.182. The molecule has 0 saturated carbocycles. The van der Waals surface area contributed by atoms with E-state index in [-0.39, 0.29) is 22.2 Å². The Morgan fingerprint density at radius 2 is 2.00 bits per heavy atom. The standard InChI is InChI=1S/C18H19ClN2O4S/c1-21-8-7-12-9-13(3-5-15(12)21)16(22)11-20-26(23,24)18-10-14(19)4-6-17(18)25-2/h3-10,16,20,22H,11H2,1-2H3. The van der Waals surface area contributed by atoms with E-state index in [2.05, 4.69) is 4.72 Å². The lowest BCUT2D eigenvalue weighted by Crippen LogP contribution is -2.28. The average Bonchev–Trinajstić information content (AvgIpc) is 3.00. The number of aliphatic hydroxyl groups is 1. The molecule has 0 spiro atoms. The number of nitrogens with one attached hydrogen (secondary N) is 1. The second kappa shape index (κ2) is 7.28. The maximum atomic E-state index is 12.6. The van der Waals surface area contributed by atoms with Crippen LogP contribution >= 0.6 is 11.6 Å². The van der Waals surface area contributed by atoms with E-state index in [0.717, 1.165) is 10.9 Å². The summed E-state index contributed by atoms with van der Waals surface area (Å²) in [5.41, 5.74) is 1.66. The van der Waals surface area contributed by atoms with Gasteiger partial charge in [0.2, 0.25) is 10.0 Å². The molecule has 6 nitrogen and oxygen atoms in total. The molecule has 26 heavy (non-hydrogen) atoms. The number of aromatic nitrogens is 1. The molecule has 0 bridgehead atoms. The lowest BCUT2D eigenvalue weighted by atomic mass is 10.1. The van der Waals surface area contributed by atoms with E-state index < -0.39 is 16.1 Å². The highest BCUT2D eigenvalue weighted by Gasteiger charge is 2.21. The Balaban J connectivity index is 1.79. The molecule has 1 atom stereocenters. The highest BCUT2D eigenvalue weighted by molar-refractivity contribution is 7.89. The van der Waals surface area contributed by atoms with Gasteiger partial charge in [0.05, 0.1) is 13.2 Å². The third-order valence-electron chi connectivity index (χ3n) is 4.18. The van der Waals surface area contributed by atoms with Crippen molar-refractivity contribution >= 4 is 32.5 Å². The summed E-state index contributed by atoms with van der Waals surface area (Å²) < 4.78 is 34.6. The summed E-state index contributed by atoms with van der Waals surface area (Å²) in [4.78, 5) is -0.0711. The Morgan fingerprint density at radius 1 is 1.23 bits per heavy atom. The highest BCUT2D eigenvalue weighted by Crippen LogP contribution is 2.27. The van der Waals surface area contributed by atoms with Crippen molar-refractivity contribution in [2.24, 2.45) is 7.05 Å². The van der Waals surface area contributed by atoms with Gasteiger partial charge in [-0.3, -0.25) is 0 Å². The molecule has 8 heteroatoms. The normalized spacial score (nSPS) is 13.1. The molecule has 2 aromatic carbocycles. The molecule has 0 radical (unpaired) electrons. The molecule has 0 amide bonds. The first kappa shape index (κ1) is 18.7. The number of methoxy groups -OCH3 is 1. The van der Waals surface area contributed by atoms with Gasteiger partial charge in [-0.2, -0.15) is 0 Å². The van der Waals surface area contributed by atoms with Gasteiger partial charge in [0.25, 0.3) is 0 Å². The Bertz CT molecular complexity index is 1050. The molecule has 0 fully saturated rings. The number of nitrogens with zero attached hydrogens (tertiary/aromatic N) is 1. The second-order valence-corrected chi connectivity index (χ2v) is 8.08. The van der Waals surface area contributed by atoms with Crippen LogP contribution in [0.5, 0.6) is 5.75 Å². The van der Waals surface area contributed by atoms with Crippen LogP contribution < -0.4 is 9.46 Å². The fraction of sp³-hybridized carbons (Fsp3) is 0.222. The Hall–Kier alpha value is -2.06. The molecule has 3 aromatic rings. The Labute approximate surface area is 157 Å². The van der Waals surface area contributed by atoms with Crippen LogP contribution in [0.2, 0.25) is 5.02 Å². The van der Waals surface area contributed by atoms with Gasteiger partial charge in [-0.1, -0.05) is 17.7 Å². The van der Waals surface area contributed by atoms with Crippen LogP contribution in [-0.2, 0) is 17.1 Å². The number of hydrogen-bond donors (Lipinski definition) is 2. The van der Waals surface area contributed by atoms with Crippen LogP contribution in [0.1, 0.15) is 11.7 Å². The summed E-state index contributed by atoms with van der Waals surface area (Å²) in [6.07, 6.45) is 0.939. The van der Waals surface area contributed by atoms with Crippen LogP contribution in [0.3, 0.4) is 0 Å². The summed E-state index contributed by atoms with van der Waals surface area (Å²) in [6.45, 7) is -0.170. The van der Waals surface area contributed by atoms with Crippen LogP contribution in [0.15, 0.2) is 53.6 Å². The molecule has 0 aliphatic rings. The largest absolute Gasteiger partial charge is 0.495 e. The van der Waals surface area contributed by atoms with Crippen LogP contribution in [0.25, 0.3) is 10.9 Å². The van der Waals surface area contributed by atoms with E-state index >= 15 is 0 Å². The van der Waals surface area contributed by atoms with E-state index in [1.165, 1.54) is 19.2 Å². The average molecular weight is 395 g/mol. The van der Waals surface area contributed by atoms with E-state index in [1.807, 2.05) is 36.0 Å². The van der Waals surface area contributed by atoms with Crippen molar-refractivity contribution in [3.8, 4) is 5.75 Å². The topological polar surface area (TPSA) is 80.6 Å². The van der Waals surface area contributed by atoms with Crippen LogP contribution in [0.4, 0.5) is 0 Å². The van der Waals surface area contributed by atoms with Gasteiger partial charge in [0.1, 0.15) is 10.6 Å². The lowest BCUT2D eigenvalue weighted by Gasteiger charge is -2.15. The number of hydrogen-bond acceptors (Lipinski definition) is 4. The number of rotatable bonds is 6. The summed E-state index contributed by atoms with van der Waals surface area (Å²) in [6, 6.07) is 11.8. The molecule has 1 unspecified atom stereocenters. The molecule has 138 valence electrons. The molecular weight excluding hydrogens is 376 g/mol. The Kier molecular flexibility index (Phi) is 5.24. The first-order valence-electron chi connectivity index (χ1n) is 7.88. The summed E-state index contributed by atoms with van der Waals surface area (Å²) in [5, 5.41) is 11.6. The molecule has 1 aromatic heterocycles. The Morgan fingerprint density at radius 3 is 2.73 bits per heavy atom. The fourth-order valence-electron chi connectivity index (χ4n) is 2.75. The number of halogens is 1. The predicted molar refractivity (Wildman–Crippen MR) is 101 cm³/mol.